The van der Waals surface area contributed by atoms with Crippen molar-refractivity contribution in [1.82, 2.24) is 0 Å². The van der Waals surface area contributed by atoms with E-state index in [-0.39, 0.29) is 0 Å². The molecule has 4 rings (SSSR count). The van der Waals surface area contributed by atoms with Gasteiger partial charge in [0.2, 0.25) is 0 Å². The predicted molar refractivity (Wildman–Crippen MR) is 110 cm³/mol. The second kappa shape index (κ2) is 7.67. The lowest BCUT2D eigenvalue weighted by Gasteiger charge is -2.13. The summed E-state index contributed by atoms with van der Waals surface area (Å²) in [6, 6.07) is 16.3. The molecular formula is C21H14N4O6. The highest BCUT2D eigenvalue weighted by molar-refractivity contribution is 6.53. The van der Waals surface area contributed by atoms with Gasteiger partial charge in [-0.25, -0.2) is 9.59 Å². The monoisotopic (exact) mass is 418 g/mol. The fourth-order valence-corrected chi connectivity index (χ4v) is 3.18. The van der Waals surface area contributed by atoms with Gasteiger partial charge in [0.05, 0.1) is 16.9 Å². The molecule has 2 N–H and O–H groups in total. The number of carboxylic acid groups (broad SMARTS) is 2. The molecule has 0 saturated heterocycles. The number of para-hydroxylation sites is 2. The Morgan fingerprint density at radius 1 is 0.806 bits per heavy atom. The van der Waals surface area contributed by atoms with Gasteiger partial charge in [0.25, 0.3) is 11.8 Å². The van der Waals surface area contributed by atoms with Gasteiger partial charge in [0, 0.05) is 0 Å². The molecule has 10 heteroatoms. The van der Waals surface area contributed by atoms with Crippen LogP contribution in [0.5, 0.6) is 0 Å². The van der Waals surface area contributed by atoms with Gasteiger partial charge in [-0.15, -0.1) is 0 Å². The number of rotatable bonds is 5. The number of nitrogens with zero attached hydrogens (tertiary/aromatic N) is 4. The second-order valence-electron chi connectivity index (χ2n) is 6.54. The molecule has 10 nitrogen and oxygen atoms in total. The average molecular weight is 418 g/mol. The zero-order valence-electron chi connectivity index (χ0n) is 15.7. The smallest absolute Gasteiger partial charge is 0.357 e. The molecule has 2 heterocycles. The molecule has 2 aromatic rings. The number of aliphatic carboxylic acids is 2. The van der Waals surface area contributed by atoms with E-state index in [4.69, 9.17) is 0 Å². The molecule has 0 bridgehead atoms. The summed E-state index contributed by atoms with van der Waals surface area (Å²) in [5.74, 6) is -5.94. The Morgan fingerprint density at radius 2 is 1.35 bits per heavy atom. The molecule has 154 valence electrons. The summed E-state index contributed by atoms with van der Waals surface area (Å²) in [4.78, 5) is 49.3. The molecule has 0 aromatic heterocycles. The number of anilines is 2. The fourth-order valence-electron chi connectivity index (χ4n) is 3.18. The number of carbonyl (C=O) groups excluding carboxylic acids is 2. The van der Waals surface area contributed by atoms with Crippen molar-refractivity contribution in [3.63, 3.8) is 0 Å². The maximum absolute atomic E-state index is 12.9. The van der Waals surface area contributed by atoms with Crippen molar-refractivity contribution in [2.24, 2.45) is 16.1 Å². The van der Waals surface area contributed by atoms with Crippen LogP contribution in [-0.4, -0.2) is 45.4 Å². The first kappa shape index (κ1) is 19.7. The highest BCUT2D eigenvalue weighted by Gasteiger charge is 2.43. The number of hydrazone groups is 2. The van der Waals surface area contributed by atoms with Gasteiger partial charge < -0.3 is 10.2 Å². The lowest BCUT2D eigenvalue weighted by atomic mass is 9.97. The van der Waals surface area contributed by atoms with Crippen molar-refractivity contribution in [3.05, 3.63) is 72.3 Å². The van der Waals surface area contributed by atoms with E-state index in [1.807, 2.05) is 0 Å². The summed E-state index contributed by atoms with van der Waals surface area (Å²) in [6.45, 7) is 0. The van der Waals surface area contributed by atoms with Crippen LogP contribution < -0.4 is 10.0 Å². The summed E-state index contributed by atoms with van der Waals surface area (Å²) in [5.41, 5.74) is -0.853. The lowest BCUT2D eigenvalue weighted by Crippen LogP contribution is -2.30. The van der Waals surface area contributed by atoms with Gasteiger partial charge >= 0.3 is 11.9 Å². The van der Waals surface area contributed by atoms with Crippen molar-refractivity contribution in [2.75, 3.05) is 10.0 Å². The standard InChI is InChI=1S/C21H14N4O6/c26-18-14(16(20(28)29)22-24(18)12-7-3-1-4-8-12)11-15-17(21(30)31)23-25(19(15)27)13-9-5-2-6-10-13/h1-11,14H,(H,28,29)(H,30,31). The third-order valence-corrected chi connectivity index (χ3v) is 4.61. The Morgan fingerprint density at radius 3 is 1.87 bits per heavy atom. The minimum absolute atomic E-state index is 0.324. The number of amides is 2. The van der Waals surface area contributed by atoms with Crippen molar-refractivity contribution in [3.8, 4) is 0 Å². The number of carbonyl (C=O) groups is 4. The summed E-state index contributed by atoms with van der Waals surface area (Å²) in [5, 5.41) is 28.6. The van der Waals surface area contributed by atoms with E-state index in [2.05, 4.69) is 10.2 Å². The average Bonchev–Trinajstić information content (AvgIpc) is 3.27. The van der Waals surface area contributed by atoms with Crippen LogP contribution in [0.25, 0.3) is 0 Å². The number of hydrogen-bond acceptors (Lipinski definition) is 6. The van der Waals surface area contributed by atoms with E-state index in [1.165, 1.54) is 0 Å². The van der Waals surface area contributed by atoms with E-state index >= 15 is 0 Å². The molecular weight excluding hydrogens is 404 g/mol. The van der Waals surface area contributed by atoms with Gasteiger partial charge in [-0.2, -0.15) is 20.2 Å². The summed E-state index contributed by atoms with van der Waals surface area (Å²) < 4.78 is 0. The molecule has 0 aliphatic carbocycles. The zero-order chi connectivity index (χ0) is 22.1. The first-order chi connectivity index (χ1) is 14.9. The van der Waals surface area contributed by atoms with Gasteiger partial charge in [-0.05, 0) is 24.3 Å². The van der Waals surface area contributed by atoms with E-state index in [0.717, 1.165) is 16.1 Å². The Balaban J connectivity index is 1.75. The third kappa shape index (κ3) is 3.46. The van der Waals surface area contributed by atoms with E-state index < -0.39 is 46.7 Å². The summed E-state index contributed by atoms with van der Waals surface area (Å²) >= 11 is 0. The van der Waals surface area contributed by atoms with E-state index in [0.29, 0.717) is 11.4 Å². The Hall–Kier alpha value is -4.60. The molecule has 0 spiro atoms. The fraction of sp³-hybridized carbons (Fsp3) is 0.0476. The summed E-state index contributed by atoms with van der Waals surface area (Å²) in [7, 11) is 0. The first-order valence-electron chi connectivity index (χ1n) is 9.03. The molecule has 0 fully saturated rings. The van der Waals surface area contributed by atoms with Crippen LogP contribution in [0.1, 0.15) is 0 Å². The van der Waals surface area contributed by atoms with E-state index in [1.54, 1.807) is 60.7 Å². The molecule has 1 atom stereocenters. The molecule has 2 aromatic carbocycles. The SMILES string of the molecule is O=C(O)C1=NN(c2ccccc2)C(=O)C1=CC1C(=O)N(c2ccccc2)N=C1C(=O)O. The first-order valence-corrected chi connectivity index (χ1v) is 9.03. The van der Waals surface area contributed by atoms with Crippen LogP contribution in [0.15, 0.2) is 82.5 Å². The topological polar surface area (TPSA) is 140 Å². The van der Waals surface area contributed by atoms with Crippen LogP contribution >= 0.6 is 0 Å². The van der Waals surface area contributed by atoms with Crippen LogP contribution in [0.4, 0.5) is 11.4 Å². The molecule has 0 radical (unpaired) electrons. The molecule has 2 amide bonds. The number of hydrogen-bond donors (Lipinski definition) is 2. The molecule has 1 unspecified atom stereocenters. The zero-order valence-corrected chi connectivity index (χ0v) is 15.7. The maximum Gasteiger partial charge on any atom is 0.357 e. The van der Waals surface area contributed by atoms with Crippen LogP contribution in [0, 0.1) is 5.92 Å². The predicted octanol–water partition coefficient (Wildman–Crippen LogP) is 1.50. The highest BCUT2D eigenvalue weighted by Crippen LogP contribution is 2.29. The largest absolute Gasteiger partial charge is 0.477 e. The van der Waals surface area contributed by atoms with Crippen molar-refractivity contribution in [2.45, 2.75) is 0 Å². The Bertz CT molecular complexity index is 1190. The quantitative estimate of drug-likeness (QED) is 0.706. The number of carboxylic acids is 2. The lowest BCUT2D eigenvalue weighted by molar-refractivity contribution is -0.130. The third-order valence-electron chi connectivity index (χ3n) is 4.61. The second-order valence-corrected chi connectivity index (χ2v) is 6.54. The van der Waals surface area contributed by atoms with Crippen molar-refractivity contribution < 1.29 is 29.4 Å². The van der Waals surface area contributed by atoms with Gasteiger partial charge in [0.1, 0.15) is 5.92 Å². The van der Waals surface area contributed by atoms with Crippen LogP contribution in [0.2, 0.25) is 0 Å². The normalized spacial score (nSPS) is 19.6. The van der Waals surface area contributed by atoms with Crippen molar-refractivity contribution >= 4 is 46.6 Å². The Kier molecular flexibility index (Phi) is 4.88. The highest BCUT2D eigenvalue weighted by atomic mass is 16.4. The molecule has 2 aliphatic heterocycles. The van der Waals surface area contributed by atoms with Gasteiger partial charge in [-0.1, -0.05) is 42.5 Å². The van der Waals surface area contributed by atoms with Crippen LogP contribution in [-0.2, 0) is 19.2 Å². The minimum atomic E-state index is -1.49. The molecule has 2 aliphatic rings. The van der Waals surface area contributed by atoms with Gasteiger partial charge in [0.15, 0.2) is 11.4 Å². The van der Waals surface area contributed by atoms with Gasteiger partial charge in [-0.3, -0.25) is 9.59 Å². The number of benzene rings is 2. The van der Waals surface area contributed by atoms with E-state index in [9.17, 15) is 29.4 Å². The maximum atomic E-state index is 12.9. The Labute approximate surface area is 175 Å². The van der Waals surface area contributed by atoms with Crippen molar-refractivity contribution in [1.29, 1.82) is 0 Å². The molecule has 0 saturated carbocycles. The molecule has 31 heavy (non-hydrogen) atoms. The minimum Gasteiger partial charge on any atom is -0.477 e. The van der Waals surface area contributed by atoms with Crippen LogP contribution in [0.3, 0.4) is 0 Å². The summed E-state index contributed by atoms with van der Waals surface area (Å²) in [6.07, 6.45) is 0.996.